The van der Waals surface area contributed by atoms with Crippen molar-refractivity contribution in [2.45, 2.75) is 71.4 Å². The van der Waals surface area contributed by atoms with Crippen molar-refractivity contribution in [3.05, 3.63) is 17.8 Å². The van der Waals surface area contributed by atoms with Gasteiger partial charge in [0, 0.05) is 17.7 Å². The van der Waals surface area contributed by atoms with Crippen molar-refractivity contribution >= 4 is 18.2 Å². The van der Waals surface area contributed by atoms with Crippen LogP contribution in [0.15, 0.2) is 12.3 Å². The van der Waals surface area contributed by atoms with Crippen LogP contribution in [0.25, 0.3) is 6.20 Å². The second-order valence-electron chi connectivity index (χ2n) is 11.5. The van der Waals surface area contributed by atoms with E-state index in [1.165, 1.54) is 6.20 Å². The third kappa shape index (κ3) is 5.09. The molecule has 0 saturated heterocycles. The minimum atomic E-state index is -0.709. The molecule has 0 aromatic carbocycles. The molecule has 34 heavy (non-hydrogen) atoms. The summed E-state index contributed by atoms with van der Waals surface area (Å²) in [5, 5.41) is 17.2. The zero-order chi connectivity index (χ0) is 24.7. The van der Waals surface area contributed by atoms with Crippen LogP contribution in [0.1, 0.15) is 70.2 Å². The molecule has 2 atom stereocenters. The second-order valence-corrected chi connectivity index (χ2v) is 11.5. The van der Waals surface area contributed by atoms with E-state index in [2.05, 4.69) is 10.4 Å². The molecule has 1 heterocycles. The van der Waals surface area contributed by atoms with Gasteiger partial charge in [0.2, 0.25) is 5.88 Å². The zero-order valence-electron chi connectivity index (χ0n) is 20.6. The van der Waals surface area contributed by atoms with Crippen LogP contribution in [0.3, 0.4) is 0 Å². The van der Waals surface area contributed by atoms with Gasteiger partial charge in [0.25, 0.3) is 5.91 Å². The van der Waals surface area contributed by atoms with Crippen molar-refractivity contribution in [2.75, 3.05) is 13.2 Å². The number of carbonyl (C=O) groups is 2. The minimum Gasteiger partial charge on any atom is -0.477 e. The molecule has 0 spiro atoms. The number of aromatic nitrogens is 2. The number of primary amides is 1. The van der Waals surface area contributed by atoms with E-state index >= 15 is 0 Å². The van der Waals surface area contributed by atoms with Gasteiger partial charge in [0.15, 0.2) is 0 Å². The summed E-state index contributed by atoms with van der Waals surface area (Å²) in [6.45, 7) is 8.36. The van der Waals surface area contributed by atoms with E-state index in [4.69, 9.17) is 15.2 Å². The maximum atomic E-state index is 13.4. The fraction of sp³-hybridized carbons (Fsp3) is 0.720. The van der Waals surface area contributed by atoms with E-state index in [-0.39, 0.29) is 36.3 Å². The van der Waals surface area contributed by atoms with Crippen LogP contribution in [0.4, 0.5) is 4.79 Å². The molecule has 2 amide bonds. The molecule has 4 aliphatic rings. The Kier molecular flexibility index (Phi) is 6.68. The van der Waals surface area contributed by atoms with Gasteiger partial charge in [-0.05, 0) is 55.8 Å². The average molecular weight is 475 g/mol. The van der Waals surface area contributed by atoms with Crippen molar-refractivity contribution in [2.24, 2.45) is 34.8 Å². The molecule has 2 unspecified atom stereocenters. The predicted molar refractivity (Wildman–Crippen MR) is 127 cm³/mol. The standard InChI is InChI=1S/C25H38N4O5/c1-15(2)13-33-22-19(12-27-29(22)6-5-24(3,4)14-30)21(31)28-20-17-7-16-8-18(20)11-25(9-16,10-17)34-23(26)32/h5-6,12,15-18,20,30H,7-11,13-14H2,1-4H3,(H2,26,32)(H,28,31). The van der Waals surface area contributed by atoms with Gasteiger partial charge in [-0.3, -0.25) is 4.79 Å². The highest BCUT2D eigenvalue weighted by molar-refractivity contribution is 5.96. The third-order valence-electron chi connectivity index (χ3n) is 7.45. The number of rotatable bonds is 9. The number of nitrogens with one attached hydrogen (secondary N) is 1. The van der Waals surface area contributed by atoms with Crippen LogP contribution in [0.2, 0.25) is 0 Å². The maximum absolute atomic E-state index is 13.4. The van der Waals surface area contributed by atoms with Crippen LogP contribution in [0, 0.1) is 29.1 Å². The summed E-state index contributed by atoms with van der Waals surface area (Å²) < 4.78 is 13.2. The predicted octanol–water partition coefficient (Wildman–Crippen LogP) is 3.18. The van der Waals surface area contributed by atoms with Crippen molar-refractivity contribution in [3.63, 3.8) is 0 Å². The summed E-state index contributed by atoms with van der Waals surface area (Å²) in [5.41, 5.74) is 4.86. The monoisotopic (exact) mass is 474 g/mol. The lowest BCUT2D eigenvalue weighted by atomic mass is 9.52. The van der Waals surface area contributed by atoms with E-state index in [0.717, 1.165) is 32.1 Å². The van der Waals surface area contributed by atoms with Gasteiger partial charge in [0.05, 0.1) is 19.4 Å². The second kappa shape index (κ2) is 9.24. The maximum Gasteiger partial charge on any atom is 0.405 e. The molecule has 9 nitrogen and oxygen atoms in total. The Labute approximate surface area is 201 Å². The fourth-order valence-electron chi connectivity index (χ4n) is 6.08. The topological polar surface area (TPSA) is 129 Å². The lowest BCUT2D eigenvalue weighted by Crippen LogP contribution is -2.63. The van der Waals surface area contributed by atoms with Gasteiger partial charge in [-0.15, -0.1) is 0 Å². The fourth-order valence-corrected chi connectivity index (χ4v) is 6.08. The SMILES string of the molecule is CC(C)COc1c(C(=O)NC2C3CC4CC2CC(OC(N)=O)(C4)C3)cnn1C=CC(C)(C)CO. The molecular formula is C25H38N4O5. The Morgan fingerprint density at radius 1 is 1.32 bits per heavy atom. The largest absolute Gasteiger partial charge is 0.477 e. The molecule has 4 fully saturated rings. The molecule has 1 aromatic rings. The molecule has 5 rings (SSSR count). The van der Waals surface area contributed by atoms with Crippen molar-refractivity contribution < 1.29 is 24.2 Å². The van der Waals surface area contributed by atoms with Gasteiger partial charge < -0.3 is 25.6 Å². The van der Waals surface area contributed by atoms with Crippen LogP contribution in [-0.2, 0) is 4.74 Å². The normalized spacial score (nSPS) is 30.2. The molecular weight excluding hydrogens is 436 g/mol. The molecule has 1 aromatic heterocycles. The number of carbonyl (C=O) groups excluding carboxylic acids is 2. The van der Waals surface area contributed by atoms with Crippen molar-refractivity contribution in [1.82, 2.24) is 15.1 Å². The third-order valence-corrected chi connectivity index (χ3v) is 7.45. The van der Waals surface area contributed by atoms with E-state index in [9.17, 15) is 14.7 Å². The number of amides is 2. The number of hydrogen-bond donors (Lipinski definition) is 3. The highest BCUT2D eigenvalue weighted by atomic mass is 16.6. The molecule has 4 bridgehead atoms. The van der Waals surface area contributed by atoms with Gasteiger partial charge in [-0.2, -0.15) is 5.10 Å². The number of aliphatic hydroxyl groups is 1. The molecule has 4 aliphatic carbocycles. The number of hydrogen-bond acceptors (Lipinski definition) is 6. The van der Waals surface area contributed by atoms with Gasteiger partial charge in [-0.25, -0.2) is 9.48 Å². The highest BCUT2D eigenvalue weighted by Crippen LogP contribution is 2.57. The zero-order valence-corrected chi connectivity index (χ0v) is 20.6. The van der Waals surface area contributed by atoms with E-state index < -0.39 is 17.1 Å². The Morgan fingerprint density at radius 2 is 2.00 bits per heavy atom. The van der Waals surface area contributed by atoms with Gasteiger partial charge >= 0.3 is 6.09 Å². The number of nitrogens with two attached hydrogens (primary N) is 1. The van der Waals surface area contributed by atoms with E-state index in [1.807, 2.05) is 33.8 Å². The number of nitrogens with zero attached hydrogens (tertiary/aromatic N) is 2. The minimum absolute atomic E-state index is 0.00724. The summed E-state index contributed by atoms with van der Waals surface area (Å²) in [6.07, 6.45) is 8.82. The quantitative estimate of drug-likeness (QED) is 0.504. The lowest BCUT2D eigenvalue weighted by Gasteiger charge is -2.58. The molecule has 9 heteroatoms. The Bertz CT molecular complexity index is 937. The first-order valence-electron chi connectivity index (χ1n) is 12.3. The Hall–Kier alpha value is -2.55. The van der Waals surface area contributed by atoms with Gasteiger partial charge in [0.1, 0.15) is 11.2 Å². The number of aliphatic hydroxyl groups excluding tert-OH is 1. The summed E-state index contributed by atoms with van der Waals surface area (Å²) in [5.74, 6) is 1.50. The molecule has 4 saturated carbocycles. The number of ether oxygens (including phenoxy) is 2. The first kappa shape index (κ1) is 24.6. The average Bonchev–Trinajstić information content (AvgIpc) is 3.15. The highest BCUT2D eigenvalue weighted by Gasteiger charge is 2.57. The molecule has 188 valence electrons. The smallest absolute Gasteiger partial charge is 0.405 e. The Morgan fingerprint density at radius 3 is 2.59 bits per heavy atom. The van der Waals surface area contributed by atoms with Gasteiger partial charge in [-0.1, -0.05) is 33.8 Å². The molecule has 0 aliphatic heterocycles. The lowest BCUT2D eigenvalue weighted by molar-refractivity contribution is -0.137. The summed E-state index contributed by atoms with van der Waals surface area (Å²) in [7, 11) is 0. The Balaban J connectivity index is 1.52. The summed E-state index contributed by atoms with van der Waals surface area (Å²) >= 11 is 0. The van der Waals surface area contributed by atoms with Crippen molar-refractivity contribution in [1.29, 1.82) is 0 Å². The van der Waals surface area contributed by atoms with Crippen molar-refractivity contribution in [3.8, 4) is 5.88 Å². The first-order chi connectivity index (χ1) is 16.0. The summed E-state index contributed by atoms with van der Waals surface area (Å²) in [6, 6.07) is 0.0267. The van der Waals surface area contributed by atoms with Crippen LogP contribution < -0.4 is 15.8 Å². The van der Waals surface area contributed by atoms with Crippen LogP contribution in [0.5, 0.6) is 5.88 Å². The summed E-state index contributed by atoms with van der Waals surface area (Å²) in [4.78, 5) is 24.9. The van der Waals surface area contributed by atoms with E-state index in [1.54, 1.807) is 10.9 Å². The molecule has 0 radical (unpaired) electrons. The van der Waals surface area contributed by atoms with Crippen LogP contribution >= 0.6 is 0 Å². The van der Waals surface area contributed by atoms with E-state index in [0.29, 0.717) is 24.0 Å². The van der Waals surface area contributed by atoms with Crippen LogP contribution in [-0.4, -0.2) is 51.7 Å². The first-order valence-corrected chi connectivity index (χ1v) is 12.3. The molecule has 4 N–H and O–H groups in total.